The van der Waals surface area contributed by atoms with Gasteiger partial charge in [-0.1, -0.05) is 17.7 Å². The fourth-order valence-corrected chi connectivity index (χ4v) is 2.21. The number of hydrogen-bond acceptors (Lipinski definition) is 2. The summed E-state index contributed by atoms with van der Waals surface area (Å²) in [6, 6.07) is 4.63. The zero-order valence-electron chi connectivity index (χ0n) is 8.83. The highest BCUT2D eigenvalue weighted by molar-refractivity contribution is 6.31. The van der Waals surface area contributed by atoms with Gasteiger partial charge in [-0.15, -0.1) is 0 Å². The molecule has 1 aliphatic heterocycles. The van der Waals surface area contributed by atoms with E-state index in [-0.39, 0.29) is 11.7 Å². The number of ether oxygens (including phenoxy) is 1. The highest BCUT2D eigenvalue weighted by Gasteiger charge is 2.25. The number of aliphatic hydroxyl groups is 1. The Kier molecular flexibility index (Phi) is 3.79. The van der Waals surface area contributed by atoms with Crippen LogP contribution in [-0.4, -0.2) is 24.4 Å². The van der Waals surface area contributed by atoms with Crippen molar-refractivity contribution in [1.82, 2.24) is 0 Å². The van der Waals surface area contributed by atoms with Gasteiger partial charge in [-0.3, -0.25) is 0 Å². The van der Waals surface area contributed by atoms with Crippen molar-refractivity contribution in [3.8, 4) is 0 Å². The summed E-state index contributed by atoms with van der Waals surface area (Å²) in [4.78, 5) is 0. The van der Waals surface area contributed by atoms with E-state index in [2.05, 4.69) is 0 Å². The van der Waals surface area contributed by atoms with Crippen LogP contribution >= 0.6 is 11.6 Å². The number of aliphatic hydroxyl groups excluding tert-OH is 1. The van der Waals surface area contributed by atoms with Crippen molar-refractivity contribution < 1.29 is 14.2 Å². The molecule has 0 saturated carbocycles. The summed E-state index contributed by atoms with van der Waals surface area (Å²) in [7, 11) is 0. The first-order valence-corrected chi connectivity index (χ1v) is 5.75. The maximum atomic E-state index is 13.5. The van der Waals surface area contributed by atoms with E-state index in [0.29, 0.717) is 36.6 Å². The topological polar surface area (TPSA) is 29.5 Å². The first-order chi connectivity index (χ1) is 7.68. The predicted molar refractivity (Wildman–Crippen MR) is 60.0 cm³/mol. The van der Waals surface area contributed by atoms with E-state index >= 15 is 0 Å². The molecule has 16 heavy (non-hydrogen) atoms. The standard InChI is InChI=1S/C12H14ClFO2/c13-10-2-1-3-11(14)9(10)6-8-7-16-5-4-12(8)15/h1-3,8,12,15H,4-7H2/t8-,12-/m0/s1. The molecular weight excluding hydrogens is 231 g/mol. The lowest BCUT2D eigenvalue weighted by molar-refractivity contribution is -0.0352. The van der Waals surface area contributed by atoms with Gasteiger partial charge in [0.1, 0.15) is 5.82 Å². The van der Waals surface area contributed by atoms with Crippen molar-refractivity contribution in [3.63, 3.8) is 0 Å². The summed E-state index contributed by atoms with van der Waals surface area (Å²) in [5, 5.41) is 10.2. The average Bonchev–Trinajstić information content (AvgIpc) is 2.26. The SMILES string of the molecule is O[C@H]1CCOC[C@@H]1Cc1c(F)cccc1Cl. The van der Waals surface area contributed by atoms with Crippen LogP contribution in [0.1, 0.15) is 12.0 Å². The molecule has 2 nitrogen and oxygen atoms in total. The quantitative estimate of drug-likeness (QED) is 0.866. The van der Waals surface area contributed by atoms with Gasteiger partial charge < -0.3 is 9.84 Å². The van der Waals surface area contributed by atoms with Crippen LogP contribution in [0.3, 0.4) is 0 Å². The van der Waals surface area contributed by atoms with Crippen LogP contribution in [-0.2, 0) is 11.2 Å². The minimum Gasteiger partial charge on any atom is -0.393 e. The highest BCUT2D eigenvalue weighted by atomic mass is 35.5. The molecule has 0 bridgehead atoms. The average molecular weight is 245 g/mol. The van der Waals surface area contributed by atoms with Crippen LogP contribution in [0.2, 0.25) is 5.02 Å². The summed E-state index contributed by atoms with van der Waals surface area (Å²) in [6.45, 7) is 1.04. The Morgan fingerprint density at radius 1 is 1.50 bits per heavy atom. The monoisotopic (exact) mass is 244 g/mol. The summed E-state index contributed by atoms with van der Waals surface area (Å²) >= 11 is 5.93. The molecule has 4 heteroatoms. The highest BCUT2D eigenvalue weighted by Crippen LogP contribution is 2.26. The van der Waals surface area contributed by atoms with Crippen molar-refractivity contribution in [2.75, 3.05) is 13.2 Å². The molecular formula is C12H14ClFO2. The summed E-state index contributed by atoms with van der Waals surface area (Å²) < 4.78 is 18.8. The predicted octanol–water partition coefficient (Wildman–Crippen LogP) is 2.42. The molecule has 1 aromatic rings. The number of benzene rings is 1. The van der Waals surface area contributed by atoms with Crippen LogP contribution < -0.4 is 0 Å². The fourth-order valence-electron chi connectivity index (χ4n) is 1.97. The van der Waals surface area contributed by atoms with Gasteiger partial charge in [0, 0.05) is 23.1 Å². The lowest BCUT2D eigenvalue weighted by Crippen LogP contribution is -2.33. The van der Waals surface area contributed by atoms with Crippen LogP contribution in [0.4, 0.5) is 4.39 Å². The Morgan fingerprint density at radius 2 is 2.31 bits per heavy atom. The van der Waals surface area contributed by atoms with E-state index in [0.717, 1.165) is 0 Å². The molecule has 1 fully saturated rings. The third kappa shape index (κ3) is 2.54. The third-order valence-corrected chi connectivity index (χ3v) is 3.32. The Labute approximate surface area is 99.0 Å². The molecule has 0 radical (unpaired) electrons. The Bertz CT molecular complexity index is 350. The van der Waals surface area contributed by atoms with Gasteiger partial charge in [-0.2, -0.15) is 0 Å². The third-order valence-electron chi connectivity index (χ3n) is 2.96. The van der Waals surface area contributed by atoms with Crippen LogP contribution in [0.5, 0.6) is 0 Å². The molecule has 0 aromatic heterocycles. The van der Waals surface area contributed by atoms with E-state index < -0.39 is 6.10 Å². The van der Waals surface area contributed by atoms with Crippen molar-refractivity contribution >= 4 is 11.6 Å². The molecule has 0 unspecified atom stereocenters. The zero-order valence-corrected chi connectivity index (χ0v) is 9.58. The molecule has 0 aliphatic carbocycles. The summed E-state index contributed by atoms with van der Waals surface area (Å²) in [5.41, 5.74) is 0.471. The number of halogens is 2. The second-order valence-electron chi connectivity index (χ2n) is 4.10. The van der Waals surface area contributed by atoms with Gasteiger partial charge in [0.15, 0.2) is 0 Å². The van der Waals surface area contributed by atoms with Crippen molar-refractivity contribution in [3.05, 3.63) is 34.6 Å². The minimum atomic E-state index is -0.426. The zero-order chi connectivity index (χ0) is 11.5. The van der Waals surface area contributed by atoms with Gasteiger partial charge in [0.2, 0.25) is 0 Å². The Balaban J connectivity index is 2.13. The van der Waals surface area contributed by atoms with Crippen LogP contribution in [0.25, 0.3) is 0 Å². The van der Waals surface area contributed by atoms with Crippen molar-refractivity contribution in [1.29, 1.82) is 0 Å². The first kappa shape index (κ1) is 11.8. The minimum absolute atomic E-state index is 0.0665. The van der Waals surface area contributed by atoms with E-state index in [9.17, 15) is 9.50 Å². The molecule has 1 N–H and O–H groups in total. The van der Waals surface area contributed by atoms with Crippen LogP contribution in [0, 0.1) is 11.7 Å². The van der Waals surface area contributed by atoms with Crippen molar-refractivity contribution in [2.24, 2.45) is 5.92 Å². The van der Waals surface area contributed by atoms with Gasteiger partial charge >= 0.3 is 0 Å². The Hall–Kier alpha value is -0.640. The lowest BCUT2D eigenvalue weighted by Gasteiger charge is -2.28. The summed E-state index contributed by atoms with van der Waals surface area (Å²) in [6.07, 6.45) is 0.605. The van der Waals surface area contributed by atoms with Gasteiger partial charge in [-0.05, 0) is 25.0 Å². The van der Waals surface area contributed by atoms with E-state index in [1.54, 1.807) is 12.1 Å². The number of rotatable bonds is 2. The molecule has 0 spiro atoms. The maximum absolute atomic E-state index is 13.5. The van der Waals surface area contributed by atoms with Gasteiger partial charge in [0.05, 0.1) is 12.7 Å². The second-order valence-corrected chi connectivity index (χ2v) is 4.50. The van der Waals surface area contributed by atoms with E-state index in [1.165, 1.54) is 6.07 Å². The lowest BCUT2D eigenvalue weighted by atomic mass is 9.91. The fraction of sp³-hybridized carbons (Fsp3) is 0.500. The van der Waals surface area contributed by atoms with E-state index in [1.807, 2.05) is 0 Å². The molecule has 1 saturated heterocycles. The largest absolute Gasteiger partial charge is 0.393 e. The molecule has 0 amide bonds. The first-order valence-electron chi connectivity index (χ1n) is 5.37. The molecule has 2 atom stereocenters. The molecule has 1 aromatic carbocycles. The molecule has 2 rings (SSSR count). The number of hydrogen-bond donors (Lipinski definition) is 1. The maximum Gasteiger partial charge on any atom is 0.127 e. The van der Waals surface area contributed by atoms with Gasteiger partial charge in [-0.25, -0.2) is 4.39 Å². The smallest absolute Gasteiger partial charge is 0.127 e. The molecule has 1 heterocycles. The normalized spacial score (nSPS) is 25.7. The van der Waals surface area contributed by atoms with E-state index in [4.69, 9.17) is 16.3 Å². The van der Waals surface area contributed by atoms with Gasteiger partial charge in [0.25, 0.3) is 0 Å². The Morgan fingerprint density at radius 3 is 3.00 bits per heavy atom. The molecule has 88 valence electrons. The van der Waals surface area contributed by atoms with Crippen molar-refractivity contribution in [2.45, 2.75) is 18.9 Å². The second kappa shape index (κ2) is 5.13. The molecule has 1 aliphatic rings. The summed E-state index contributed by atoms with van der Waals surface area (Å²) in [5.74, 6) is -0.381. The van der Waals surface area contributed by atoms with Crippen LogP contribution in [0.15, 0.2) is 18.2 Å².